The SMILES string of the molecule is OCCN1CCN(c2cc(-c3nc4ccccc4s3)c3ccccc3n2)CC1. The predicted molar refractivity (Wildman–Crippen MR) is 116 cm³/mol. The summed E-state index contributed by atoms with van der Waals surface area (Å²) in [5, 5.41) is 11.4. The van der Waals surface area contributed by atoms with Gasteiger partial charge >= 0.3 is 0 Å². The fourth-order valence-corrected chi connectivity index (χ4v) is 4.83. The molecule has 142 valence electrons. The Labute approximate surface area is 167 Å². The highest BCUT2D eigenvalue weighted by Crippen LogP contribution is 2.36. The smallest absolute Gasteiger partial charge is 0.130 e. The molecule has 0 amide bonds. The van der Waals surface area contributed by atoms with Crippen LogP contribution >= 0.6 is 11.3 Å². The minimum Gasteiger partial charge on any atom is -0.395 e. The summed E-state index contributed by atoms with van der Waals surface area (Å²) in [5.41, 5.74) is 3.20. The highest BCUT2D eigenvalue weighted by Gasteiger charge is 2.20. The van der Waals surface area contributed by atoms with Gasteiger partial charge in [-0.1, -0.05) is 30.3 Å². The monoisotopic (exact) mass is 390 g/mol. The number of para-hydroxylation sites is 2. The van der Waals surface area contributed by atoms with Gasteiger partial charge in [-0.15, -0.1) is 11.3 Å². The highest BCUT2D eigenvalue weighted by molar-refractivity contribution is 7.21. The third-order valence-electron chi connectivity index (χ3n) is 5.34. The van der Waals surface area contributed by atoms with Crippen molar-refractivity contribution < 1.29 is 5.11 Å². The first kappa shape index (κ1) is 17.6. The zero-order valence-electron chi connectivity index (χ0n) is 15.6. The lowest BCUT2D eigenvalue weighted by Crippen LogP contribution is -2.47. The van der Waals surface area contributed by atoms with Gasteiger partial charge in [0.25, 0.3) is 0 Å². The number of aliphatic hydroxyl groups excluding tert-OH is 1. The van der Waals surface area contributed by atoms with Gasteiger partial charge in [-0.2, -0.15) is 0 Å². The molecule has 28 heavy (non-hydrogen) atoms. The van der Waals surface area contributed by atoms with E-state index in [1.165, 1.54) is 4.70 Å². The molecule has 0 spiro atoms. The first-order valence-electron chi connectivity index (χ1n) is 9.66. The van der Waals surface area contributed by atoms with Crippen LogP contribution in [0.25, 0.3) is 31.7 Å². The molecule has 0 saturated carbocycles. The van der Waals surface area contributed by atoms with Crippen LogP contribution in [0.1, 0.15) is 0 Å². The highest BCUT2D eigenvalue weighted by atomic mass is 32.1. The molecule has 5 rings (SSSR count). The summed E-state index contributed by atoms with van der Waals surface area (Å²) >= 11 is 1.73. The summed E-state index contributed by atoms with van der Waals surface area (Å²) < 4.78 is 1.21. The summed E-state index contributed by atoms with van der Waals surface area (Å²) in [6, 6.07) is 18.8. The van der Waals surface area contributed by atoms with E-state index in [1.54, 1.807) is 11.3 Å². The summed E-state index contributed by atoms with van der Waals surface area (Å²) in [4.78, 5) is 14.5. The zero-order valence-corrected chi connectivity index (χ0v) is 16.4. The number of β-amino-alcohol motifs (C(OH)–C–C–N with tert-alkyl or cyclic N) is 1. The molecule has 0 bridgehead atoms. The van der Waals surface area contributed by atoms with Crippen LogP contribution < -0.4 is 4.90 Å². The number of benzene rings is 2. The van der Waals surface area contributed by atoms with E-state index in [1.807, 2.05) is 12.1 Å². The van der Waals surface area contributed by atoms with E-state index in [0.29, 0.717) is 0 Å². The van der Waals surface area contributed by atoms with Crippen LogP contribution in [0.2, 0.25) is 0 Å². The molecule has 0 atom stereocenters. The van der Waals surface area contributed by atoms with E-state index in [-0.39, 0.29) is 6.61 Å². The Balaban J connectivity index is 1.57. The molecular weight excluding hydrogens is 368 g/mol. The van der Waals surface area contributed by atoms with E-state index in [0.717, 1.165) is 65.5 Å². The number of piperazine rings is 1. The van der Waals surface area contributed by atoms with Crippen molar-refractivity contribution in [3.8, 4) is 10.6 Å². The van der Waals surface area contributed by atoms with Gasteiger partial charge in [-0.25, -0.2) is 9.97 Å². The van der Waals surface area contributed by atoms with Crippen molar-refractivity contribution in [1.82, 2.24) is 14.9 Å². The molecule has 0 unspecified atom stereocenters. The van der Waals surface area contributed by atoms with Gasteiger partial charge in [0, 0.05) is 43.7 Å². The molecule has 1 fully saturated rings. The fraction of sp³-hybridized carbons (Fsp3) is 0.273. The molecule has 0 radical (unpaired) electrons. The van der Waals surface area contributed by atoms with Crippen LogP contribution in [-0.4, -0.2) is 59.3 Å². The molecule has 1 aliphatic rings. The Kier molecular flexibility index (Phi) is 4.68. The Morgan fingerprint density at radius 2 is 1.64 bits per heavy atom. The van der Waals surface area contributed by atoms with Crippen molar-refractivity contribution in [2.75, 3.05) is 44.2 Å². The Bertz CT molecular complexity index is 1080. The van der Waals surface area contributed by atoms with Crippen LogP contribution in [0, 0.1) is 0 Å². The average molecular weight is 391 g/mol. The summed E-state index contributed by atoms with van der Waals surface area (Å²) in [6.45, 7) is 4.71. The van der Waals surface area contributed by atoms with Crippen LogP contribution in [0.4, 0.5) is 5.82 Å². The van der Waals surface area contributed by atoms with Crippen molar-refractivity contribution >= 4 is 38.3 Å². The normalized spacial score (nSPS) is 15.5. The molecule has 1 N–H and O–H groups in total. The largest absolute Gasteiger partial charge is 0.395 e. The Hall–Kier alpha value is -2.54. The maximum absolute atomic E-state index is 9.17. The van der Waals surface area contributed by atoms with Crippen molar-refractivity contribution in [2.45, 2.75) is 0 Å². The van der Waals surface area contributed by atoms with E-state index in [4.69, 9.17) is 15.1 Å². The van der Waals surface area contributed by atoms with E-state index >= 15 is 0 Å². The number of pyridine rings is 1. The molecule has 0 aliphatic carbocycles. The van der Waals surface area contributed by atoms with Crippen molar-refractivity contribution in [3.63, 3.8) is 0 Å². The van der Waals surface area contributed by atoms with Crippen molar-refractivity contribution in [3.05, 3.63) is 54.6 Å². The number of hydrogen-bond acceptors (Lipinski definition) is 6. The van der Waals surface area contributed by atoms with Gasteiger partial charge in [0.1, 0.15) is 10.8 Å². The maximum atomic E-state index is 9.17. The number of hydrogen-bond donors (Lipinski definition) is 1. The van der Waals surface area contributed by atoms with E-state index in [2.05, 4.69) is 52.3 Å². The fourth-order valence-electron chi connectivity index (χ4n) is 3.83. The van der Waals surface area contributed by atoms with Gasteiger partial charge in [-0.05, 0) is 24.3 Å². The summed E-state index contributed by atoms with van der Waals surface area (Å²) in [5.74, 6) is 1.01. The van der Waals surface area contributed by atoms with Crippen LogP contribution in [0.15, 0.2) is 54.6 Å². The molecule has 2 aromatic heterocycles. The molecule has 6 heteroatoms. The molecule has 5 nitrogen and oxygen atoms in total. The van der Waals surface area contributed by atoms with Crippen LogP contribution in [-0.2, 0) is 0 Å². The predicted octanol–water partition coefficient (Wildman–Crippen LogP) is 3.63. The van der Waals surface area contributed by atoms with Gasteiger partial charge < -0.3 is 10.0 Å². The maximum Gasteiger partial charge on any atom is 0.130 e. The van der Waals surface area contributed by atoms with E-state index < -0.39 is 0 Å². The second-order valence-corrected chi connectivity index (χ2v) is 8.11. The molecule has 2 aromatic carbocycles. The number of aromatic nitrogens is 2. The van der Waals surface area contributed by atoms with Crippen molar-refractivity contribution in [1.29, 1.82) is 0 Å². The molecule has 1 saturated heterocycles. The van der Waals surface area contributed by atoms with E-state index in [9.17, 15) is 0 Å². The number of thiazole rings is 1. The first-order chi connectivity index (χ1) is 13.8. The standard InChI is InChI=1S/C22H22N4OS/c27-14-13-25-9-11-26(12-10-25)21-15-17(16-5-1-2-6-18(16)23-21)22-24-19-7-3-4-8-20(19)28-22/h1-8,15,27H,9-14H2. The number of aliphatic hydroxyl groups is 1. The van der Waals surface area contributed by atoms with Gasteiger partial charge in [0.2, 0.25) is 0 Å². The van der Waals surface area contributed by atoms with Gasteiger partial charge in [0.15, 0.2) is 0 Å². The summed E-state index contributed by atoms with van der Waals surface area (Å²) in [6.07, 6.45) is 0. The summed E-state index contributed by atoms with van der Waals surface area (Å²) in [7, 11) is 0. The third kappa shape index (κ3) is 3.24. The molecule has 4 aromatic rings. The second kappa shape index (κ2) is 7.47. The lowest BCUT2D eigenvalue weighted by molar-refractivity contribution is 0.188. The number of fused-ring (bicyclic) bond motifs is 2. The van der Waals surface area contributed by atoms with Crippen LogP contribution in [0.3, 0.4) is 0 Å². The Morgan fingerprint density at radius 3 is 2.43 bits per heavy atom. The number of anilines is 1. The third-order valence-corrected chi connectivity index (χ3v) is 6.41. The molecule has 3 heterocycles. The topological polar surface area (TPSA) is 52.5 Å². The number of nitrogens with zero attached hydrogens (tertiary/aromatic N) is 4. The molecular formula is C22H22N4OS. The Morgan fingerprint density at radius 1 is 0.893 bits per heavy atom. The minimum atomic E-state index is 0.218. The number of rotatable bonds is 4. The van der Waals surface area contributed by atoms with Gasteiger partial charge in [0.05, 0.1) is 22.3 Å². The second-order valence-electron chi connectivity index (χ2n) is 7.08. The van der Waals surface area contributed by atoms with Crippen molar-refractivity contribution in [2.24, 2.45) is 0 Å². The quantitative estimate of drug-likeness (QED) is 0.577. The van der Waals surface area contributed by atoms with Gasteiger partial charge in [-0.3, -0.25) is 4.90 Å². The molecule has 1 aliphatic heterocycles. The zero-order chi connectivity index (χ0) is 18.9. The lowest BCUT2D eigenvalue weighted by atomic mass is 10.1. The first-order valence-corrected chi connectivity index (χ1v) is 10.5. The average Bonchev–Trinajstić information content (AvgIpc) is 3.18. The lowest BCUT2D eigenvalue weighted by Gasteiger charge is -2.35. The van der Waals surface area contributed by atoms with Crippen LogP contribution in [0.5, 0.6) is 0 Å². The minimum absolute atomic E-state index is 0.218.